The first-order valence-electron chi connectivity index (χ1n) is 5.45. The number of alkyl halides is 3. The van der Waals surface area contributed by atoms with E-state index in [1.807, 2.05) is 0 Å². The number of nitrogens with one attached hydrogen (secondary N) is 1. The summed E-state index contributed by atoms with van der Waals surface area (Å²) in [5.74, 6) is 0.694. The van der Waals surface area contributed by atoms with E-state index in [4.69, 9.17) is 4.42 Å². The molecule has 0 bridgehead atoms. The third-order valence-electron chi connectivity index (χ3n) is 2.52. The van der Waals surface area contributed by atoms with E-state index in [1.54, 1.807) is 18.2 Å². The molecule has 0 atom stereocenters. The second-order valence-corrected chi connectivity index (χ2v) is 3.84. The normalized spacial score (nSPS) is 11.7. The zero-order valence-corrected chi connectivity index (χ0v) is 9.50. The average Bonchev–Trinajstić information content (AvgIpc) is 2.81. The minimum atomic E-state index is -4.32. The molecule has 2 aromatic rings. The van der Waals surface area contributed by atoms with Crippen LogP contribution in [-0.4, -0.2) is 0 Å². The van der Waals surface area contributed by atoms with Crippen LogP contribution in [0.2, 0.25) is 0 Å². The van der Waals surface area contributed by atoms with Crippen LogP contribution in [0.5, 0.6) is 0 Å². The average molecular weight is 255 g/mol. The van der Waals surface area contributed by atoms with Crippen molar-refractivity contribution in [3.63, 3.8) is 0 Å². The Morgan fingerprint density at radius 2 is 1.78 bits per heavy atom. The van der Waals surface area contributed by atoms with Crippen molar-refractivity contribution in [2.24, 2.45) is 0 Å². The Kier molecular flexibility index (Phi) is 3.72. The fourth-order valence-corrected chi connectivity index (χ4v) is 1.68. The van der Waals surface area contributed by atoms with Gasteiger partial charge in [-0.25, -0.2) is 0 Å². The Balaban J connectivity index is 2.01. The summed E-state index contributed by atoms with van der Waals surface area (Å²) in [6.07, 6.45) is -2.79. The van der Waals surface area contributed by atoms with Gasteiger partial charge in [0.15, 0.2) is 0 Å². The van der Waals surface area contributed by atoms with Gasteiger partial charge in [-0.3, -0.25) is 0 Å². The quantitative estimate of drug-likeness (QED) is 0.903. The van der Waals surface area contributed by atoms with Crippen molar-refractivity contribution in [2.45, 2.75) is 19.3 Å². The van der Waals surface area contributed by atoms with Crippen molar-refractivity contribution < 1.29 is 17.6 Å². The lowest BCUT2D eigenvalue weighted by Crippen LogP contribution is -2.17. The highest BCUT2D eigenvalue weighted by atomic mass is 19.4. The molecular weight excluding hydrogens is 243 g/mol. The van der Waals surface area contributed by atoms with Crippen LogP contribution in [0.1, 0.15) is 16.9 Å². The predicted octanol–water partition coefficient (Wildman–Crippen LogP) is 3.59. The van der Waals surface area contributed by atoms with Gasteiger partial charge >= 0.3 is 6.18 Å². The molecule has 0 radical (unpaired) electrons. The number of hydrogen-bond donors (Lipinski definition) is 1. The monoisotopic (exact) mass is 255 g/mol. The van der Waals surface area contributed by atoms with Gasteiger partial charge in [0.05, 0.1) is 18.4 Å². The van der Waals surface area contributed by atoms with Crippen molar-refractivity contribution in [2.75, 3.05) is 0 Å². The number of benzene rings is 1. The van der Waals surface area contributed by atoms with Gasteiger partial charge in [0.1, 0.15) is 5.76 Å². The first-order valence-corrected chi connectivity index (χ1v) is 5.45. The summed E-state index contributed by atoms with van der Waals surface area (Å²) in [5.41, 5.74) is -0.367. The zero-order chi connectivity index (χ0) is 13.0. The summed E-state index contributed by atoms with van der Waals surface area (Å²) < 4.78 is 43.2. The Morgan fingerprint density at radius 3 is 2.44 bits per heavy atom. The molecule has 1 heterocycles. The van der Waals surface area contributed by atoms with Crippen LogP contribution in [-0.2, 0) is 19.3 Å². The van der Waals surface area contributed by atoms with Crippen molar-refractivity contribution in [1.29, 1.82) is 0 Å². The van der Waals surface area contributed by atoms with E-state index >= 15 is 0 Å². The lowest BCUT2D eigenvalue weighted by Gasteiger charge is -2.12. The second kappa shape index (κ2) is 5.27. The minimum absolute atomic E-state index is 0.149. The number of furan rings is 1. The largest absolute Gasteiger partial charge is 0.468 e. The van der Waals surface area contributed by atoms with Gasteiger partial charge in [-0.2, -0.15) is 13.2 Å². The van der Waals surface area contributed by atoms with Crippen LogP contribution >= 0.6 is 0 Å². The van der Waals surface area contributed by atoms with Gasteiger partial charge in [-0.15, -0.1) is 0 Å². The smallest absolute Gasteiger partial charge is 0.416 e. The van der Waals surface area contributed by atoms with Crippen LogP contribution in [0.4, 0.5) is 13.2 Å². The van der Waals surface area contributed by atoms with Crippen molar-refractivity contribution in [1.82, 2.24) is 5.32 Å². The van der Waals surface area contributed by atoms with E-state index in [0.717, 1.165) is 6.07 Å². The first-order chi connectivity index (χ1) is 8.57. The molecule has 1 aromatic carbocycles. The lowest BCUT2D eigenvalue weighted by atomic mass is 10.1. The topological polar surface area (TPSA) is 25.2 Å². The fourth-order valence-electron chi connectivity index (χ4n) is 1.68. The lowest BCUT2D eigenvalue weighted by molar-refractivity contribution is -0.138. The molecule has 0 spiro atoms. The van der Waals surface area contributed by atoms with E-state index in [9.17, 15) is 13.2 Å². The highest BCUT2D eigenvalue weighted by Crippen LogP contribution is 2.31. The molecular formula is C13H12F3NO. The first kappa shape index (κ1) is 12.7. The van der Waals surface area contributed by atoms with Crippen LogP contribution in [0.15, 0.2) is 47.1 Å². The highest BCUT2D eigenvalue weighted by Gasteiger charge is 2.32. The molecule has 0 amide bonds. The second-order valence-electron chi connectivity index (χ2n) is 3.84. The maximum Gasteiger partial charge on any atom is 0.416 e. The Hall–Kier alpha value is -1.75. The van der Waals surface area contributed by atoms with E-state index in [0.29, 0.717) is 12.3 Å². The van der Waals surface area contributed by atoms with Crippen molar-refractivity contribution >= 4 is 0 Å². The predicted molar refractivity (Wildman–Crippen MR) is 60.7 cm³/mol. The van der Waals surface area contributed by atoms with Gasteiger partial charge in [-0.05, 0) is 23.8 Å². The molecule has 0 unspecified atom stereocenters. The summed E-state index contributed by atoms with van der Waals surface area (Å²) in [4.78, 5) is 0. The summed E-state index contributed by atoms with van der Waals surface area (Å²) in [6, 6.07) is 9.04. The summed E-state index contributed by atoms with van der Waals surface area (Å²) in [7, 11) is 0. The van der Waals surface area contributed by atoms with Crippen molar-refractivity contribution in [3.05, 3.63) is 59.5 Å². The molecule has 0 aliphatic heterocycles. The SMILES string of the molecule is FC(F)(F)c1ccccc1CNCc1ccco1. The molecule has 1 N–H and O–H groups in total. The van der Waals surface area contributed by atoms with Gasteiger partial charge < -0.3 is 9.73 Å². The highest BCUT2D eigenvalue weighted by molar-refractivity contribution is 5.29. The molecule has 1 aromatic heterocycles. The van der Waals surface area contributed by atoms with Crippen LogP contribution in [0.25, 0.3) is 0 Å². The third-order valence-corrected chi connectivity index (χ3v) is 2.52. The van der Waals surface area contributed by atoms with Gasteiger partial charge in [0.25, 0.3) is 0 Å². The summed E-state index contributed by atoms with van der Waals surface area (Å²) >= 11 is 0. The molecule has 0 aliphatic carbocycles. The Labute approximate surface area is 102 Å². The molecule has 0 fully saturated rings. The number of halogens is 3. The van der Waals surface area contributed by atoms with Crippen LogP contribution < -0.4 is 5.32 Å². The zero-order valence-electron chi connectivity index (χ0n) is 9.50. The molecule has 5 heteroatoms. The Morgan fingerprint density at radius 1 is 1.00 bits per heavy atom. The molecule has 0 saturated carbocycles. The molecule has 18 heavy (non-hydrogen) atoms. The maximum atomic E-state index is 12.7. The number of rotatable bonds is 4. The van der Waals surface area contributed by atoms with Gasteiger partial charge in [-0.1, -0.05) is 18.2 Å². The summed E-state index contributed by atoms with van der Waals surface area (Å²) in [6.45, 7) is 0.551. The Bertz CT molecular complexity index is 491. The van der Waals surface area contributed by atoms with E-state index < -0.39 is 11.7 Å². The number of hydrogen-bond acceptors (Lipinski definition) is 2. The van der Waals surface area contributed by atoms with E-state index in [-0.39, 0.29) is 12.1 Å². The summed E-state index contributed by atoms with van der Waals surface area (Å²) in [5, 5.41) is 2.92. The maximum absolute atomic E-state index is 12.7. The van der Waals surface area contributed by atoms with E-state index in [1.165, 1.54) is 18.4 Å². The minimum Gasteiger partial charge on any atom is -0.468 e. The molecule has 0 aliphatic rings. The molecule has 2 rings (SSSR count). The molecule has 0 saturated heterocycles. The van der Waals surface area contributed by atoms with Crippen LogP contribution in [0.3, 0.4) is 0 Å². The molecule has 96 valence electrons. The van der Waals surface area contributed by atoms with Gasteiger partial charge in [0.2, 0.25) is 0 Å². The van der Waals surface area contributed by atoms with E-state index in [2.05, 4.69) is 5.32 Å². The fraction of sp³-hybridized carbons (Fsp3) is 0.231. The van der Waals surface area contributed by atoms with Gasteiger partial charge in [0, 0.05) is 6.54 Å². The third kappa shape index (κ3) is 3.13. The van der Waals surface area contributed by atoms with Crippen molar-refractivity contribution in [3.8, 4) is 0 Å². The van der Waals surface area contributed by atoms with Crippen LogP contribution in [0, 0.1) is 0 Å². The standard InChI is InChI=1S/C13H12F3NO/c14-13(15,16)12-6-2-1-4-10(12)8-17-9-11-5-3-7-18-11/h1-7,17H,8-9H2. The molecule has 2 nitrogen and oxygen atoms in total.